The lowest BCUT2D eigenvalue weighted by molar-refractivity contribution is -0.141. The van der Waals surface area contributed by atoms with E-state index in [0.717, 1.165) is 5.56 Å². The lowest BCUT2D eigenvalue weighted by atomic mass is 9.97. The zero-order valence-electron chi connectivity index (χ0n) is 13.6. The van der Waals surface area contributed by atoms with Crippen molar-refractivity contribution in [2.24, 2.45) is 13.0 Å². The van der Waals surface area contributed by atoms with Gasteiger partial charge in [0.2, 0.25) is 0 Å². The van der Waals surface area contributed by atoms with Crippen LogP contribution >= 0.6 is 0 Å². The first-order valence-electron chi connectivity index (χ1n) is 7.51. The van der Waals surface area contributed by atoms with Crippen LogP contribution in [0.4, 0.5) is 0 Å². The maximum absolute atomic E-state index is 13.0. The molecule has 0 saturated heterocycles. The number of nitrogens with zero attached hydrogens (tertiary/aromatic N) is 2. The van der Waals surface area contributed by atoms with Crippen molar-refractivity contribution in [2.75, 3.05) is 7.11 Å². The lowest BCUT2D eigenvalue weighted by Gasteiger charge is -2.22. The van der Waals surface area contributed by atoms with Crippen LogP contribution < -0.4 is 0 Å². The Bertz CT molecular complexity index is 669. The highest BCUT2D eigenvalue weighted by molar-refractivity contribution is 7.85. The molecular formula is C17H22N2O3S. The Morgan fingerprint density at radius 1 is 1.35 bits per heavy atom. The van der Waals surface area contributed by atoms with Crippen molar-refractivity contribution in [1.82, 2.24) is 9.55 Å². The second-order valence-electron chi connectivity index (χ2n) is 5.60. The van der Waals surface area contributed by atoms with Gasteiger partial charge in [0.25, 0.3) is 0 Å². The van der Waals surface area contributed by atoms with Gasteiger partial charge in [0.1, 0.15) is 0 Å². The number of esters is 1. The summed E-state index contributed by atoms with van der Waals surface area (Å²) in [6, 6.07) is 9.88. The molecule has 2 aromatic rings. The van der Waals surface area contributed by atoms with Crippen molar-refractivity contribution in [3.05, 3.63) is 48.3 Å². The molecular weight excluding hydrogens is 312 g/mol. The zero-order chi connectivity index (χ0) is 16.8. The topological polar surface area (TPSA) is 61.2 Å². The molecule has 5 nitrogen and oxygen atoms in total. The molecule has 23 heavy (non-hydrogen) atoms. The van der Waals surface area contributed by atoms with Crippen LogP contribution in [0.1, 0.15) is 18.9 Å². The van der Waals surface area contributed by atoms with Crippen molar-refractivity contribution in [2.45, 2.75) is 30.2 Å². The smallest absolute Gasteiger partial charge is 0.305 e. The SMILES string of the molecule is COC(=O)C[C@@H](C)[C@@H](Cc1ccccc1)S(=O)c1nccn1C. The summed E-state index contributed by atoms with van der Waals surface area (Å²) in [6.07, 6.45) is 4.28. The highest BCUT2D eigenvalue weighted by Gasteiger charge is 2.29. The van der Waals surface area contributed by atoms with Crippen LogP contribution in [0.5, 0.6) is 0 Å². The van der Waals surface area contributed by atoms with E-state index >= 15 is 0 Å². The number of aromatic nitrogens is 2. The van der Waals surface area contributed by atoms with E-state index in [1.807, 2.05) is 44.3 Å². The van der Waals surface area contributed by atoms with Crippen LogP contribution in [0.3, 0.4) is 0 Å². The summed E-state index contributed by atoms with van der Waals surface area (Å²) in [7, 11) is 1.89. The molecule has 0 radical (unpaired) electrons. The molecule has 0 aliphatic carbocycles. The molecule has 2 rings (SSSR count). The van der Waals surface area contributed by atoms with Crippen molar-refractivity contribution in [3.8, 4) is 0 Å². The Hall–Kier alpha value is -1.95. The summed E-state index contributed by atoms with van der Waals surface area (Å²) in [4.78, 5) is 15.8. The van der Waals surface area contributed by atoms with Gasteiger partial charge in [0.15, 0.2) is 5.16 Å². The van der Waals surface area contributed by atoms with Crippen molar-refractivity contribution >= 4 is 16.8 Å². The van der Waals surface area contributed by atoms with E-state index in [-0.39, 0.29) is 23.6 Å². The van der Waals surface area contributed by atoms with Crippen molar-refractivity contribution in [3.63, 3.8) is 0 Å². The number of hydrogen-bond acceptors (Lipinski definition) is 4. The molecule has 0 spiro atoms. The Morgan fingerprint density at radius 3 is 2.61 bits per heavy atom. The van der Waals surface area contributed by atoms with Gasteiger partial charge in [0, 0.05) is 31.1 Å². The molecule has 3 atom stereocenters. The first-order valence-corrected chi connectivity index (χ1v) is 8.73. The molecule has 0 N–H and O–H groups in total. The fraction of sp³-hybridized carbons (Fsp3) is 0.412. The van der Waals surface area contributed by atoms with Gasteiger partial charge in [-0.2, -0.15) is 0 Å². The molecule has 1 heterocycles. The third-order valence-corrected chi connectivity index (χ3v) is 5.80. The number of benzene rings is 1. The summed E-state index contributed by atoms with van der Waals surface area (Å²) < 4.78 is 19.5. The maximum atomic E-state index is 13.0. The predicted molar refractivity (Wildman–Crippen MR) is 89.3 cm³/mol. The average Bonchev–Trinajstić information content (AvgIpc) is 2.98. The summed E-state index contributed by atoms with van der Waals surface area (Å²) in [5, 5.41) is 0.320. The van der Waals surface area contributed by atoms with Crippen LogP contribution in [0.25, 0.3) is 0 Å². The number of imidazole rings is 1. The van der Waals surface area contributed by atoms with Crippen LogP contribution in [0, 0.1) is 5.92 Å². The van der Waals surface area contributed by atoms with Crippen molar-refractivity contribution in [1.29, 1.82) is 0 Å². The maximum Gasteiger partial charge on any atom is 0.305 e. The van der Waals surface area contributed by atoms with Gasteiger partial charge in [-0.3, -0.25) is 9.00 Å². The quantitative estimate of drug-likeness (QED) is 0.729. The standard InChI is InChI=1S/C17H22N2O3S/c1-13(11-16(20)22-3)15(12-14-7-5-4-6-8-14)23(21)17-18-9-10-19(17)2/h4-10,13,15H,11-12H2,1-3H3/t13-,15-,23?/m1/s1. The molecule has 1 aromatic carbocycles. The highest BCUT2D eigenvalue weighted by atomic mass is 32.2. The van der Waals surface area contributed by atoms with E-state index in [0.29, 0.717) is 11.6 Å². The van der Waals surface area contributed by atoms with E-state index in [1.54, 1.807) is 17.0 Å². The zero-order valence-corrected chi connectivity index (χ0v) is 14.5. The van der Waals surface area contributed by atoms with E-state index in [4.69, 9.17) is 4.74 Å². The average molecular weight is 334 g/mol. The lowest BCUT2D eigenvalue weighted by Crippen LogP contribution is -2.29. The van der Waals surface area contributed by atoms with E-state index in [2.05, 4.69) is 4.98 Å². The van der Waals surface area contributed by atoms with Gasteiger partial charge < -0.3 is 9.30 Å². The minimum absolute atomic E-state index is 0.0832. The molecule has 0 aliphatic rings. The number of rotatable bonds is 7. The molecule has 0 saturated carbocycles. The minimum atomic E-state index is -1.31. The second-order valence-corrected chi connectivity index (χ2v) is 7.17. The summed E-state index contributed by atoms with van der Waals surface area (Å²) in [6.45, 7) is 1.94. The Kier molecular flexibility index (Phi) is 6.10. The third-order valence-electron chi connectivity index (χ3n) is 3.86. The third kappa shape index (κ3) is 4.51. The van der Waals surface area contributed by atoms with E-state index in [9.17, 15) is 9.00 Å². The number of carbonyl (C=O) groups is 1. The number of methoxy groups -OCH3 is 1. The molecule has 1 unspecified atom stereocenters. The predicted octanol–water partition coefficient (Wildman–Crippen LogP) is 2.34. The van der Waals surface area contributed by atoms with Crippen molar-refractivity contribution < 1.29 is 13.7 Å². The van der Waals surface area contributed by atoms with Gasteiger partial charge in [-0.15, -0.1) is 0 Å². The molecule has 1 aromatic heterocycles. The van der Waals surface area contributed by atoms with Crippen LogP contribution in [0.2, 0.25) is 0 Å². The van der Waals surface area contributed by atoms with Gasteiger partial charge in [-0.1, -0.05) is 37.3 Å². The van der Waals surface area contributed by atoms with Gasteiger partial charge in [0.05, 0.1) is 17.9 Å². The molecule has 6 heteroatoms. The minimum Gasteiger partial charge on any atom is -0.469 e. The first-order chi connectivity index (χ1) is 11.0. The Morgan fingerprint density at radius 2 is 2.04 bits per heavy atom. The number of hydrogen-bond donors (Lipinski definition) is 0. The van der Waals surface area contributed by atoms with Crippen LogP contribution in [0.15, 0.2) is 47.9 Å². The van der Waals surface area contributed by atoms with Crippen LogP contribution in [-0.4, -0.2) is 32.1 Å². The van der Waals surface area contributed by atoms with E-state index in [1.165, 1.54) is 7.11 Å². The fourth-order valence-corrected chi connectivity index (χ4v) is 4.14. The first kappa shape index (κ1) is 17.4. The second kappa shape index (κ2) is 8.06. The summed E-state index contributed by atoms with van der Waals surface area (Å²) in [5.41, 5.74) is 1.09. The molecule has 124 valence electrons. The fourth-order valence-electron chi connectivity index (χ4n) is 2.49. The number of ether oxygens (including phenoxy) is 1. The van der Waals surface area contributed by atoms with Crippen LogP contribution in [-0.2, 0) is 33.8 Å². The normalized spacial score (nSPS) is 14.9. The number of carbonyl (C=O) groups excluding carboxylic acids is 1. The molecule has 0 fully saturated rings. The Balaban J connectivity index is 2.25. The monoisotopic (exact) mass is 334 g/mol. The number of aryl methyl sites for hydroxylation is 1. The van der Waals surface area contributed by atoms with E-state index < -0.39 is 10.8 Å². The molecule has 0 aliphatic heterocycles. The van der Waals surface area contributed by atoms with Gasteiger partial charge >= 0.3 is 5.97 Å². The molecule has 0 bridgehead atoms. The molecule has 0 amide bonds. The summed E-state index contributed by atoms with van der Waals surface area (Å²) >= 11 is 0. The van der Waals surface area contributed by atoms with Gasteiger partial charge in [-0.25, -0.2) is 4.98 Å². The van der Waals surface area contributed by atoms with Gasteiger partial charge in [-0.05, 0) is 17.9 Å². The Labute approximate surface area is 139 Å². The highest BCUT2D eigenvalue weighted by Crippen LogP contribution is 2.23. The summed E-state index contributed by atoms with van der Waals surface area (Å²) in [5.74, 6) is -0.368. The largest absolute Gasteiger partial charge is 0.469 e.